The molecule has 4 aromatic rings. The SMILES string of the molecule is CC(Sc1cccc(NC(=O)c2cccc(Cl)c2)c1)C(=O)N(c1ccccc1)c1ccccc1. The Kier molecular flexibility index (Phi) is 7.68. The summed E-state index contributed by atoms with van der Waals surface area (Å²) in [5.41, 5.74) is 2.76. The lowest BCUT2D eigenvalue weighted by atomic mass is 10.2. The van der Waals surface area contributed by atoms with E-state index in [2.05, 4.69) is 5.32 Å². The number of halogens is 1. The molecule has 0 fully saturated rings. The standard InChI is InChI=1S/C28H23ClN2O2S/c1-20(28(33)31(24-13-4-2-5-14-24)25-15-6-3-7-16-25)34-26-17-9-12-23(19-26)30-27(32)21-10-8-11-22(29)18-21/h2-20H,1H3,(H,30,32). The molecule has 1 N–H and O–H groups in total. The summed E-state index contributed by atoms with van der Waals surface area (Å²) < 4.78 is 0. The third kappa shape index (κ3) is 5.87. The Bertz CT molecular complexity index is 1240. The number of nitrogens with one attached hydrogen (secondary N) is 1. The molecule has 2 amide bonds. The second kappa shape index (κ2) is 11.1. The van der Waals surface area contributed by atoms with Crippen LogP contribution in [0.1, 0.15) is 17.3 Å². The second-order valence-corrected chi connectivity index (χ2v) is 9.45. The monoisotopic (exact) mass is 486 g/mol. The Morgan fingerprint density at radius 2 is 1.41 bits per heavy atom. The number of rotatable bonds is 7. The summed E-state index contributed by atoms with van der Waals surface area (Å²) in [5.74, 6) is -0.274. The van der Waals surface area contributed by atoms with Gasteiger partial charge in [-0.15, -0.1) is 11.8 Å². The Morgan fingerprint density at radius 3 is 2.03 bits per heavy atom. The maximum Gasteiger partial charge on any atom is 0.255 e. The van der Waals surface area contributed by atoms with Gasteiger partial charge >= 0.3 is 0 Å². The van der Waals surface area contributed by atoms with Gasteiger partial charge < -0.3 is 5.32 Å². The molecular weight excluding hydrogens is 464 g/mol. The number of hydrogen-bond donors (Lipinski definition) is 1. The average molecular weight is 487 g/mol. The zero-order valence-corrected chi connectivity index (χ0v) is 20.1. The highest BCUT2D eigenvalue weighted by Gasteiger charge is 2.24. The molecule has 34 heavy (non-hydrogen) atoms. The van der Waals surface area contributed by atoms with Gasteiger partial charge in [-0.1, -0.05) is 60.1 Å². The van der Waals surface area contributed by atoms with E-state index in [1.54, 1.807) is 29.2 Å². The minimum absolute atomic E-state index is 0.0317. The van der Waals surface area contributed by atoms with Crippen LogP contribution in [0.5, 0.6) is 0 Å². The number of benzene rings is 4. The zero-order valence-electron chi connectivity index (χ0n) is 18.5. The van der Waals surface area contributed by atoms with Crippen molar-refractivity contribution in [2.45, 2.75) is 17.1 Å². The van der Waals surface area contributed by atoms with Crippen molar-refractivity contribution >= 4 is 52.2 Å². The quantitative estimate of drug-likeness (QED) is 0.276. The van der Waals surface area contributed by atoms with Crippen LogP contribution < -0.4 is 10.2 Å². The van der Waals surface area contributed by atoms with Crippen molar-refractivity contribution in [3.05, 3.63) is 120 Å². The van der Waals surface area contributed by atoms with E-state index in [0.717, 1.165) is 16.3 Å². The third-order valence-corrected chi connectivity index (χ3v) is 6.40. The maximum absolute atomic E-state index is 13.6. The van der Waals surface area contributed by atoms with E-state index in [1.165, 1.54) is 11.8 Å². The summed E-state index contributed by atoms with van der Waals surface area (Å²) in [6.45, 7) is 1.89. The summed E-state index contributed by atoms with van der Waals surface area (Å²) in [6.07, 6.45) is 0. The molecular formula is C28H23ClN2O2S. The maximum atomic E-state index is 13.6. The fraction of sp³-hybridized carbons (Fsp3) is 0.0714. The molecule has 0 bridgehead atoms. The predicted octanol–water partition coefficient (Wildman–Crippen LogP) is 7.44. The first-order chi connectivity index (χ1) is 16.5. The van der Waals surface area contributed by atoms with E-state index in [4.69, 9.17) is 11.6 Å². The molecule has 6 heteroatoms. The van der Waals surface area contributed by atoms with Crippen molar-refractivity contribution in [2.24, 2.45) is 0 Å². The van der Waals surface area contributed by atoms with Gasteiger partial charge in [-0.3, -0.25) is 14.5 Å². The minimum Gasteiger partial charge on any atom is -0.322 e. The smallest absolute Gasteiger partial charge is 0.255 e. The lowest BCUT2D eigenvalue weighted by Crippen LogP contribution is -2.32. The average Bonchev–Trinajstić information content (AvgIpc) is 2.85. The fourth-order valence-electron chi connectivity index (χ4n) is 3.47. The summed E-state index contributed by atoms with van der Waals surface area (Å²) >= 11 is 7.44. The molecule has 4 rings (SSSR count). The Hall–Kier alpha value is -3.54. The van der Waals surface area contributed by atoms with E-state index < -0.39 is 0 Å². The van der Waals surface area contributed by atoms with Crippen molar-refractivity contribution in [1.82, 2.24) is 0 Å². The van der Waals surface area contributed by atoms with Gasteiger partial charge in [-0.25, -0.2) is 0 Å². The highest BCUT2D eigenvalue weighted by molar-refractivity contribution is 8.00. The second-order valence-electron chi connectivity index (χ2n) is 7.60. The van der Waals surface area contributed by atoms with Crippen LogP contribution >= 0.6 is 23.4 Å². The van der Waals surface area contributed by atoms with Gasteiger partial charge in [-0.05, 0) is 67.6 Å². The molecule has 1 unspecified atom stereocenters. The molecule has 0 aliphatic heterocycles. The minimum atomic E-state index is -0.362. The van der Waals surface area contributed by atoms with Crippen molar-refractivity contribution in [3.63, 3.8) is 0 Å². The summed E-state index contributed by atoms with van der Waals surface area (Å²) in [7, 11) is 0. The molecule has 0 radical (unpaired) electrons. The van der Waals surface area contributed by atoms with E-state index in [1.807, 2.05) is 91.9 Å². The van der Waals surface area contributed by atoms with Crippen molar-refractivity contribution in [2.75, 3.05) is 10.2 Å². The molecule has 0 heterocycles. The molecule has 170 valence electrons. The number of carbonyl (C=O) groups is 2. The topological polar surface area (TPSA) is 49.4 Å². The Morgan fingerprint density at radius 1 is 0.794 bits per heavy atom. The Balaban J connectivity index is 1.51. The van der Waals surface area contributed by atoms with Crippen LogP contribution in [0.4, 0.5) is 17.1 Å². The van der Waals surface area contributed by atoms with Crippen LogP contribution in [0, 0.1) is 0 Å². The van der Waals surface area contributed by atoms with E-state index in [0.29, 0.717) is 16.3 Å². The number of amides is 2. The normalized spacial score (nSPS) is 11.5. The zero-order chi connectivity index (χ0) is 23.9. The molecule has 4 nitrogen and oxygen atoms in total. The first-order valence-corrected chi connectivity index (χ1v) is 12.0. The van der Waals surface area contributed by atoms with Gasteiger partial charge in [0.1, 0.15) is 0 Å². The summed E-state index contributed by atoms with van der Waals surface area (Å²) in [6, 6.07) is 33.5. The number of thioether (sulfide) groups is 1. The van der Waals surface area contributed by atoms with E-state index in [-0.39, 0.29) is 17.1 Å². The van der Waals surface area contributed by atoms with E-state index in [9.17, 15) is 9.59 Å². The lowest BCUT2D eigenvalue weighted by Gasteiger charge is -2.26. The highest BCUT2D eigenvalue weighted by Crippen LogP contribution is 2.32. The molecule has 4 aromatic carbocycles. The van der Waals surface area contributed by atoms with Crippen LogP contribution in [0.15, 0.2) is 114 Å². The largest absolute Gasteiger partial charge is 0.322 e. The van der Waals surface area contributed by atoms with Gasteiger partial charge in [0, 0.05) is 32.5 Å². The van der Waals surface area contributed by atoms with Gasteiger partial charge in [0.2, 0.25) is 5.91 Å². The third-order valence-electron chi connectivity index (χ3n) is 5.09. The van der Waals surface area contributed by atoms with Crippen molar-refractivity contribution < 1.29 is 9.59 Å². The van der Waals surface area contributed by atoms with Crippen LogP contribution in [0.25, 0.3) is 0 Å². The highest BCUT2D eigenvalue weighted by atomic mass is 35.5. The first kappa shape index (κ1) is 23.6. The molecule has 0 aromatic heterocycles. The van der Waals surface area contributed by atoms with Crippen molar-refractivity contribution in [3.8, 4) is 0 Å². The number of hydrogen-bond acceptors (Lipinski definition) is 3. The number of carbonyl (C=O) groups excluding carboxylic acids is 2. The molecule has 0 aliphatic rings. The Labute approximate surface area is 208 Å². The summed E-state index contributed by atoms with van der Waals surface area (Å²) in [5, 5.41) is 3.04. The molecule has 0 spiro atoms. The summed E-state index contributed by atoms with van der Waals surface area (Å²) in [4.78, 5) is 28.7. The molecule has 0 aliphatic carbocycles. The van der Waals surface area contributed by atoms with Crippen molar-refractivity contribution in [1.29, 1.82) is 0 Å². The number of nitrogens with zero attached hydrogens (tertiary/aromatic N) is 1. The number of para-hydroxylation sites is 2. The van der Waals surface area contributed by atoms with Gasteiger partial charge in [0.25, 0.3) is 5.91 Å². The van der Waals surface area contributed by atoms with Gasteiger partial charge in [-0.2, -0.15) is 0 Å². The lowest BCUT2D eigenvalue weighted by molar-refractivity contribution is -0.117. The van der Waals surface area contributed by atoms with Gasteiger partial charge in [0.15, 0.2) is 0 Å². The molecule has 0 saturated heterocycles. The molecule has 1 atom stereocenters. The first-order valence-electron chi connectivity index (χ1n) is 10.8. The van der Waals surface area contributed by atoms with Crippen LogP contribution in [0.2, 0.25) is 5.02 Å². The van der Waals surface area contributed by atoms with Crippen LogP contribution in [0.3, 0.4) is 0 Å². The predicted molar refractivity (Wildman–Crippen MR) is 141 cm³/mol. The van der Waals surface area contributed by atoms with Gasteiger partial charge in [0.05, 0.1) is 5.25 Å². The molecule has 0 saturated carbocycles. The number of anilines is 3. The van der Waals surface area contributed by atoms with Crippen LogP contribution in [-0.4, -0.2) is 17.1 Å². The van der Waals surface area contributed by atoms with Crippen LogP contribution in [-0.2, 0) is 4.79 Å². The fourth-order valence-corrected chi connectivity index (χ4v) is 4.63. The van der Waals surface area contributed by atoms with E-state index >= 15 is 0 Å².